The molecule has 8 nitrogen and oxygen atoms in total. The second-order valence-electron chi connectivity index (χ2n) is 18.7. The number of amides is 1. The van der Waals surface area contributed by atoms with Crippen molar-refractivity contribution in [3.05, 3.63) is 0 Å². The van der Waals surface area contributed by atoms with E-state index >= 15 is 0 Å². The summed E-state index contributed by atoms with van der Waals surface area (Å²) < 4.78 is 26.0. The maximum absolute atomic E-state index is 14.9. The number of fused-ring (bicyclic) bond motifs is 1. The third-order valence-electron chi connectivity index (χ3n) is 13.5. The molecule has 0 aromatic heterocycles. The fourth-order valence-corrected chi connectivity index (χ4v) is 11.5. The highest BCUT2D eigenvalue weighted by atomic mass is 32.2. The van der Waals surface area contributed by atoms with E-state index in [1.807, 2.05) is 6.92 Å². The highest BCUT2D eigenvalue weighted by Crippen LogP contribution is 2.65. The Morgan fingerprint density at radius 1 is 0.922 bits per heavy atom. The van der Waals surface area contributed by atoms with Gasteiger partial charge in [0.15, 0.2) is 21.4 Å². The molecule has 4 fully saturated rings. The van der Waals surface area contributed by atoms with E-state index in [2.05, 4.69) is 26.7 Å². The number of terminal acetylenes is 1. The van der Waals surface area contributed by atoms with Crippen molar-refractivity contribution in [1.29, 1.82) is 0 Å². The maximum Gasteiger partial charge on any atom is 0.227 e. The first-order valence-electron chi connectivity index (χ1n) is 19.8. The van der Waals surface area contributed by atoms with E-state index in [9.17, 15) is 32.4 Å². The average molecular weight is 728 g/mol. The SMILES string of the molecule is C#CCCC(CC(=O)[C@@H]1[C@@H]2C(CN1C(=O)[C@@H](CC(=O)CC1(CS(=O)(=O)C(C)(C)C)CCCCC1)C1(C)CCCC1)C2(C)C)C(=O)C(=O)CCCC. The van der Waals surface area contributed by atoms with Crippen LogP contribution in [-0.4, -0.2) is 65.4 Å². The van der Waals surface area contributed by atoms with Crippen LogP contribution in [0.1, 0.15) is 158 Å². The van der Waals surface area contributed by atoms with Crippen LogP contribution in [-0.2, 0) is 33.8 Å². The topological polar surface area (TPSA) is 123 Å². The van der Waals surface area contributed by atoms with Gasteiger partial charge in [-0.2, -0.15) is 0 Å². The molecule has 0 bridgehead atoms. The third-order valence-corrected chi connectivity index (χ3v) is 16.4. The molecule has 51 heavy (non-hydrogen) atoms. The van der Waals surface area contributed by atoms with Gasteiger partial charge in [0.2, 0.25) is 11.7 Å². The summed E-state index contributed by atoms with van der Waals surface area (Å²) in [7, 11) is -3.47. The molecule has 4 rings (SSSR count). The van der Waals surface area contributed by atoms with Crippen LogP contribution >= 0.6 is 0 Å². The summed E-state index contributed by atoms with van der Waals surface area (Å²) in [5.74, 6) is -0.233. The Morgan fingerprint density at radius 2 is 1.53 bits per heavy atom. The molecular formula is C42H65NO7S. The van der Waals surface area contributed by atoms with Crippen LogP contribution in [0.25, 0.3) is 0 Å². The minimum Gasteiger partial charge on any atom is -0.332 e. The van der Waals surface area contributed by atoms with Crippen LogP contribution in [0.5, 0.6) is 0 Å². The fourth-order valence-electron chi connectivity index (χ4n) is 9.89. The third kappa shape index (κ3) is 9.07. The van der Waals surface area contributed by atoms with Crippen LogP contribution in [0.4, 0.5) is 0 Å². The number of unbranched alkanes of at least 4 members (excludes halogenated alkanes) is 1. The largest absolute Gasteiger partial charge is 0.332 e. The summed E-state index contributed by atoms with van der Waals surface area (Å²) in [6.07, 6.45) is 15.4. The highest BCUT2D eigenvalue weighted by molar-refractivity contribution is 7.92. The second kappa shape index (κ2) is 15.9. The number of nitrogens with zero attached hydrogens (tertiary/aromatic N) is 1. The van der Waals surface area contributed by atoms with E-state index in [4.69, 9.17) is 6.42 Å². The molecular weight excluding hydrogens is 663 g/mol. The van der Waals surface area contributed by atoms with Crippen molar-refractivity contribution >= 4 is 38.9 Å². The molecule has 3 aliphatic carbocycles. The first-order chi connectivity index (χ1) is 23.7. The van der Waals surface area contributed by atoms with Crippen molar-refractivity contribution in [2.75, 3.05) is 12.3 Å². The van der Waals surface area contributed by atoms with Gasteiger partial charge in [-0.05, 0) is 87.4 Å². The quantitative estimate of drug-likeness (QED) is 0.106. The molecule has 0 N–H and O–H groups in total. The fraction of sp³-hybridized carbons (Fsp3) is 0.833. The van der Waals surface area contributed by atoms with E-state index in [-0.39, 0.29) is 79.0 Å². The van der Waals surface area contributed by atoms with Crippen LogP contribution in [0, 0.1) is 52.3 Å². The molecule has 0 aromatic rings. The van der Waals surface area contributed by atoms with E-state index in [1.165, 1.54) is 0 Å². The van der Waals surface area contributed by atoms with Gasteiger partial charge in [-0.3, -0.25) is 24.0 Å². The summed E-state index contributed by atoms with van der Waals surface area (Å²) in [6, 6.07) is -0.714. The van der Waals surface area contributed by atoms with Crippen LogP contribution in [0.2, 0.25) is 0 Å². The van der Waals surface area contributed by atoms with Crippen LogP contribution in [0.15, 0.2) is 0 Å². The van der Waals surface area contributed by atoms with Gasteiger partial charge in [0.05, 0.1) is 22.5 Å². The number of hydrogen-bond acceptors (Lipinski definition) is 7. The minimum atomic E-state index is -3.47. The Hall–Kier alpha value is -2.34. The maximum atomic E-state index is 14.9. The molecule has 0 radical (unpaired) electrons. The van der Waals surface area contributed by atoms with E-state index < -0.39 is 54.9 Å². The molecule has 0 aromatic carbocycles. The standard InChI is InChI=1S/C42H65NO7S/c1-9-11-18-29(37(47)33(45)19-12-10-2)24-34(46)36-35-32(40(35,6)7)27-43(36)38(48)31(41(8)20-16-17-21-41)25-30(44)26-42(22-14-13-15-23-42)28-51(49,50)39(3,4)5/h1,29,31-32,35-36H,10-28H2,2-8H3/t29?,31-,32?,35+,36-/m1/s1. The first kappa shape index (κ1) is 41.4. The number of carbonyl (C=O) groups excluding carboxylic acids is 5. The molecule has 5 atom stereocenters. The van der Waals surface area contributed by atoms with Gasteiger partial charge in [0, 0.05) is 44.6 Å². The van der Waals surface area contributed by atoms with Crippen molar-refractivity contribution in [3.8, 4) is 12.3 Å². The van der Waals surface area contributed by atoms with Gasteiger partial charge in [-0.25, -0.2) is 8.42 Å². The number of carbonyl (C=O) groups is 5. The summed E-state index contributed by atoms with van der Waals surface area (Å²) in [6.45, 7) is 13.9. The molecule has 1 aliphatic heterocycles. The number of likely N-dealkylation sites (tertiary alicyclic amines) is 1. The summed E-state index contributed by atoms with van der Waals surface area (Å²) >= 11 is 0. The number of rotatable bonds is 18. The normalized spacial score (nSPS) is 26.1. The number of Topliss-reactive ketones (excluding diaryl/α,β-unsaturated/α-hetero) is 4. The number of hydrogen-bond donors (Lipinski definition) is 0. The number of ketones is 4. The first-order valence-corrected chi connectivity index (χ1v) is 21.5. The predicted octanol–water partition coefficient (Wildman–Crippen LogP) is 7.50. The Labute approximate surface area is 308 Å². The lowest BCUT2D eigenvalue weighted by atomic mass is 9.68. The molecule has 286 valence electrons. The van der Waals surface area contributed by atoms with E-state index in [1.54, 1.807) is 25.7 Å². The Balaban J connectivity index is 1.60. The van der Waals surface area contributed by atoms with Gasteiger partial charge in [0.25, 0.3) is 0 Å². The monoisotopic (exact) mass is 727 g/mol. The molecule has 1 heterocycles. The molecule has 9 heteroatoms. The molecule has 4 aliphatic rings. The Bertz CT molecular complexity index is 1480. The smallest absolute Gasteiger partial charge is 0.227 e. The number of piperidine rings is 1. The zero-order chi connectivity index (χ0) is 38.0. The molecule has 1 amide bonds. The van der Waals surface area contributed by atoms with Gasteiger partial charge >= 0.3 is 0 Å². The lowest BCUT2D eigenvalue weighted by Gasteiger charge is -2.41. The minimum absolute atomic E-state index is 0.0211. The van der Waals surface area contributed by atoms with Crippen molar-refractivity contribution in [3.63, 3.8) is 0 Å². The van der Waals surface area contributed by atoms with E-state index in [0.717, 1.165) is 51.4 Å². The lowest BCUT2D eigenvalue weighted by Crippen LogP contribution is -2.51. The van der Waals surface area contributed by atoms with Gasteiger partial charge in [-0.1, -0.05) is 66.2 Å². The highest BCUT2D eigenvalue weighted by Gasteiger charge is 2.69. The summed E-state index contributed by atoms with van der Waals surface area (Å²) in [5.41, 5.74) is -1.17. The van der Waals surface area contributed by atoms with Gasteiger partial charge < -0.3 is 4.90 Å². The van der Waals surface area contributed by atoms with Crippen LogP contribution < -0.4 is 0 Å². The molecule has 1 saturated heterocycles. The molecule has 0 spiro atoms. The summed E-state index contributed by atoms with van der Waals surface area (Å²) in [4.78, 5) is 71.2. The average Bonchev–Trinajstić information content (AvgIpc) is 3.42. The zero-order valence-electron chi connectivity index (χ0n) is 32.6. The second-order valence-corrected chi connectivity index (χ2v) is 21.4. The van der Waals surface area contributed by atoms with Crippen molar-refractivity contribution < 1.29 is 32.4 Å². The van der Waals surface area contributed by atoms with Crippen molar-refractivity contribution in [2.24, 2.45) is 39.9 Å². The van der Waals surface area contributed by atoms with Gasteiger partial charge in [-0.15, -0.1) is 12.3 Å². The summed E-state index contributed by atoms with van der Waals surface area (Å²) in [5, 5.41) is 0. The Kier molecular flexibility index (Phi) is 13.0. The van der Waals surface area contributed by atoms with Crippen molar-refractivity contribution in [1.82, 2.24) is 4.90 Å². The van der Waals surface area contributed by atoms with E-state index in [0.29, 0.717) is 25.8 Å². The zero-order valence-corrected chi connectivity index (χ0v) is 33.4. The van der Waals surface area contributed by atoms with Crippen LogP contribution in [0.3, 0.4) is 0 Å². The lowest BCUT2D eigenvalue weighted by molar-refractivity contribution is -0.149. The van der Waals surface area contributed by atoms with Crippen molar-refractivity contribution in [2.45, 2.75) is 168 Å². The molecule has 3 saturated carbocycles. The Morgan fingerprint density at radius 3 is 2.10 bits per heavy atom. The number of sulfone groups is 1. The van der Waals surface area contributed by atoms with Gasteiger partial charge in [0.1, 0.15) is 5.78 Å². The predicted molar refractivity (Wildman–Crippen MR) is 200 cm³/mol. The molecule has 2 unspecified atom stereocenters.